The molecule has 3 aliphatic heterocycles. The monoisotopic (exact) mass is 1310 g/mol. The number of ether oxygens (including phenoxy) is 15. The lowest BCUT2D eigenvalue weighted by Crippen LogP contribution is -2.59. The average Bonchev–Trinajstić information content (AvgIpc) is 2.79. The van der Waals surface area contributed by atoms with Crippen LogP contribution < -0.4 is 10.6 Å². The second kappa shape index (κ2) is 43.9. The Kier molecular flexibility index (Phi) is 39.2. The van der Waals surface area contributed by atoms with Crippen molar-refractivity contribution in [3.63, 3.8) is 0 Å². The van der Waals surface area contributed by atoms with Crippen molar-refractivity contribution in [2.75, 3.05) is 113 Å². The first-order valence-electron chi connectivity index (χ1n) is 32.1. The van der Waals surface area contributed by atoms with Crippen molar-refractivity contribution < 1.29 is 137 Å². The van der Waals surface area contributed by atoms with E-state index in [-0.39, 0.29) is 97.6 Å². The third kappa shape index (κ3) is 28.3. The zero-order chi connectivity index (χ0) is 66.3. The molecule has 0 aromatic carbocycles. The van der Waals surface area contributed by atoms with E-state index in [1.54, 1.807) is 34.6 Å². The Labute approximate surface area is 529 Å². The van der Waals surface area contributed by atoms with E-state index in [0.717, 1.165) is 12.8 Å². The number of hydrogen-bond acceptors (Lipinski definition) is 28. The van der Waals surface area contributed by atoms with E-state index in [1.807, 2.05) is 6.92 Å². The molecule has 4 fully saturated rings. The number of nitrogens with one attached hydrogen (secondary N) is 2. The summed E-state index contributed by atoms with van der Waals surface area (Å²) >= 11 is 0. The van der Waals surface area contributed by atoms with Crippen LogP contribution >= 0.6 is 0 Å². The third-order valence-corrected chi connectivity index (χ3v) is 15.9. The molecule has 30 nitrogen and oxygen atoms in total. The number of unbranched alkanes of at least 4 members (excludes halogenated alkanes) is 6. The Morgan fingerprint density at radius 3 is 1.31 bits per heavy atom. The lowest BCUT2D eigenvalue weighted by Gasteiger charge is -2.44. The molecule has 2 amide bonds. The van der Waals surface area contributed by atoms with Crippen molar-refractivity contribution >= 4 is 11.8 Å². The van der Waals surface area contributed by atoms with Gasteiger partial charge in [-0.05, 0) is 66.2 Å². The third-order valence-electron chi connectivity index (χ3n) is 15.9. The molecule has 13 N–H and O–H groups in total. The number of amides is 2. The molecule has 3 heterocycles. The number of rotatable bonds is 46. The first-order chi connectivity index (χ1) is 43.0. The Bertz CT molecular complexity index is 1760. The van der Waals surface area contributed by atoms with Gasteiger partial charge in [0.15, 0.2) is 31.1 Å². The Hall–Kier alpha value is -2.10. The molecule has 530 valence electrons. The lowest BCUT2D eigenvalue weighted by atomic mass is 9.89. The van der Waals surface area contributed by atoms with Crippen molar-refractivity contribution in [1.82, 2.24) is 10.6 Å². The molecule has 0 bridgehead atoms. The minimum absolute atomic E-state index is 0.00344. The van der Waals surface area contributed by atoms with Gasteiger partial charge in [-0.2, -0.15) is 0 Å². The largest absolute Gasteiger partial charge is 0.391 e. The molecular formula is C60H112N2O28. The minimum atomic E-state index is -2.06. The Morgan fingerprint density at radius 1 is 0.456 bits per heavy atom. The predicted octanol–water partition coefficient (Wildman–Crippen LogP) is -2.70. The van der Waals surface area contributed by atoms with E-state index in [2.05, 4.69) is 10.6 Å². The summed E-state index contributed by atoms with van der Waals surface area (Å²) in [7, 11) is 2.95. The van der Waals surface area contributed by atoms with Gasteiger partial charge in [0.05, 0.1) is 122 Å². The van der Waals surface area contributed by atoms with Crippen LogP contribution in [0.25, 0.3) is 0 Å². The number of aliphatic hydroxyl groups is 11. The van der Waals surface area contributed by atoms with Gasteiger partial charge in [0.1, 0.15) is 61.0 Å². The molecule has 3 saturated heterocycles. The fourth-order valence-corrected chi connectivity index (χ4v) is 10.4. The zero-order valence-corrected chi connectivity index (χ0v) is 54.0. The van der Waals surface area contributed by atoms with Gasteiger partial charge < -0.3 is 138 Å². The van der Waals surface area contributed by atoms with Crippen LogP contribution in [-0.2, 0) is 80.6 Å². The van der Waals surface area contributed by atoms with Gasteiger partial charge >= 0.3 is 0 Å². The zero-order valence-electron chi connectivity index (χ0n) is 54.0. The molecular weight excluding hydrogens is 1200 g/mol. The molecule has 25 atom stereocenters. The van der Waals surface area contributed by atoms with Crippen molar-refractivity contribution in [1.29, 1.82) is 0 Å². The maximum Gasteiger partial charge on any atom is 0.251 e. The van der Waals surface area contributed by atoms with Crippen LogP contribution in [0.1, 0.15) is 106 Å². The molecule has 4 rings (SSSR count). The van der Waals surface area contributed by atoms with Crippen molar-refractivity contribution in [2.24, 2.45) is 11.8 Å². The van der Waals surface area contributed by atoms with E-state index < -0.39 is 153 Å². The molecule has 23 unspecified atom stereocenters. The number of aliphatic hydroxyl groups excluding tert-OH is 11. The van der Waals surface area contributed by atoms with Gasteiger partial charge in [-0.3, -0.25) is 9.59 Å². The number of methoxy groups -OCH3 is 2. The Morgan fingerprint density at radius 2 is 0.856 bits per heavy atom. The van der Waals surface area contributed by atoms with Gasteiger partial charge in [-0.15, -0.1) is 0 Å². The standard InChI is InChI=1S/C60H112N2O28/c1-34-23-86-59(53(45(34)67)82-25-36(3)63)89-42-17-18-43(76-7)52(47(42)69)84-27-38(5)80-31-40(65)29-78-21-15-11-9-13-19-61-56(74)50(72)49(71)51(73)57(75)62-20-14-10-12-16-22-79-30-41(66)32-81-39(6)28-85-55-48(70)44(33-88-58(55)77-8)90-60-54(83-26-37(4)64)46(68)35(2)24-87-60/h34-55,58-60,63-73H,9-33H2,1-8H3,(H,61,74)(H,62,75)/t34-,35+,36?,37?,38?,39?,40?,41?,42?,43?,44?,45?,46?,47?,48?,49?,50?,51?,52?,53?,54?,55?,58?,59?,60?/m1/s1. The number of carbonyl (C=O) groups excluding carboxylic acids is 2. The maximum atomic E-state index is 12.5. The van der Waals surface area contributed by atoms with Crippen LogP contribution in [-0.4, -0.2) is 322 Å². The van der Waals surface area contributed by atoms with Crippen molar-refractivity contribution in [2.45, 2.75) is 247 Å². The summed E-state index contributed by atoms with van der Waals surface area (Å²) in [5.41, 5.74) is 0. The Balaban J connectivity index is 0.961. The highest BCUT2D eigenvalue weighted by molar-refractivity contribution is 5.85. The van der Waals surface area contributed by atoms with Crippen molar-refractivity contribution in [3.05, 3.63) is 0 Å². The molecule has 0 aromatic heterocycles. The highest BCUT2D eigenvalue weighted by Gasteiger charge is 2.48. The van der Waals surface area contributed by atoms with Gasteiger partial charge in [0, 0.05) is 52.4 Å². The van der Waals surface area contributed by atoms with Gasteiger partial charge in [-0.1, -0.05) is 39.5 Å². The first kappa shape index (κ1) is 80.3. The van der Waals surface area contributed by atoms with E-state index in [1.165, 1.54) is 14.2 Å². The van der Waals surface area contributed by atoms with Gasteiger partial charge in [0.25, 0.3) is 11.8 Å². The topological polar surface area (TPSA) is 419 Å². The van der Waals surface area contributed by atoms with E-state index in [9.17, 15) is 65.8 Å². The van der Waals surface area contributed by atoms with Gasteiger partial charge in [-0.25, -0.2) is 0 Å². The molecule has 1 aliphatic carbocycles. The summed E-state index contributed by atoms with van der Waals surface area (Å²) in [5, 5.41) is 121. The van der Waals surface area contributed by atoms with Crippen LogP contribution in [0.3, 0.4) is 0 Å². The smallest absolute Gasteiger partial charge is 0.251 e. The highest BCUT2D eigenvalue weighted by Crippen LogP contribution is 2.33. The summed E-state index contributed by atoms with van der Waals surface area (Å²) in [5.74, 6) is -2.35. The van der Waals surface area contributed by atoms with E-state index in [0.29, 0.717) is 64.6 Å². The quantitative estimate of drug-likeness (QED) is 0.0276. The first-order valence-corrected chi connectivity index (χ1v) is 32.1. The van der Waals surface area contributed by atoms with Crippen molar-refractivity contribution in [3.8, 4) is 0 Å². The summed E-state index contributed by atoms with van der Waals surface area (Å²) in [6.07, 6.45) is -17.0. The summed E-state index contributed by atoms with van der Waals surface area (Å²) in [6, 6.07) is 0. The van der Waals surface area contributed by atoms with Crippen LogP contribution in [0.15, 0.2) is 0 Å². The SMILES string of the molecule is COC1CCC(OC2OC[C@@H](C)C(O)C2OCC(C)O)C(O)C1OCC(C)OCC(O)COCCCCCCNC(=O)C(O)C(O)C(O)C(=O)NCCCCCCOCC(O)COC(C)COC1C(OC)OCC(OC2OC[C@H](C)C(O)C2OCC(C)O)C1O. The maximum absolute atomic E-state index is 12.5. The fourth-order valence-electron chi connectivity index (χ4n) is 10.4. The summed E-state index contributed by atoms with van der Waals surface area (Å²) in [6.45, 7) is 11.6. The van der Waals surface area contributed by atoms with Crippen LogP contribution in [0, 0.1) is 11.8 Å². The predicted molar refractivity (Wildman–Crippen MR) is 316 cm³/mol. The van der Waals surface area contributed by atoms with Gasteiger partial charge in [0.2, 0.25) is 0 Å². The van der Waals surface area contributed by atoms with Crippen LogP contribution in [0.4, 0.5) is 0 Å². The van der Waals surface area contributed by atoms with Crippen LogP contribution in [0.2, 0.25) is 0 Å². The normalized spacial score (nSPS) is 32.3. The second-order valence-electron chi connectivity index (χ2n) is 24.4. The molecule has 0 aromatic rings. The number of hydrogen-bond donors (Lipinski definition) is 13. The highest BCUT2D eigenvalue weighted by atomic mass is 16.7. The van der Waals surface area contributed by atoms with E-state index in [4.69, 9.17) is 71.1 Å². The molecule has 1 saturated carbocycles. The average molecular weight is 1310 g/mol. The molecule has 90 heavy (non-hydrogen) atoms. The second-order valence-corrected chi connectivity index (χ2v) is 24.4. The molecule has 0 radical (unpaired) electrons. The van der Waals surface area contributed by atoms with E-state index >= 15 is 0 Å². The van der Waals surface area contributed by atoms with Crippen LogP contribution in [0.5, 0.6) is 0 Å². The number of carbonyl (C=O) groups is 2. The molecule has 30 heteroatoms. The summed E-state index contributed by atoms with van der Waals surface area (Å²) < 4.78 is 86.9. The fraction of sp³-hybridized carbons (Fsp3) is 0.967. The minimum Gasteiger partial charge on any atom is -0.391 e. The molecule has 0 spiro atoms. The molecule has 4 aliphatic rings. The summed E-state index contributed by atoms with van der Waals surface area (Å²) in [4.78, 5) is 25.0. The lowest BCUT2D eigenvalue weighted by molar-refractivity contribution is -0.332.